The lowest BCUT2D eigenvalue weighted by molar-refractivity contribution is -0.829. The van der Waals surface area contributed by atoms with Crippen molar-refractivity contribution in [2.75, 3.05) is 0 Å². The molecule has 3 heterocycles. The Bertz CT molecular complexity index is 954. The fourth-order valence-electron chi connectivity index (χ4n) is 3.70. The maximum absolute atomic E-state index is 4.93. The van der Waals surface area contributed by atoms with Crippen LogP contribution in [-0.2, 0) is 16.6 Å². The second-order valence-electron chi connectivity index (χ2n) is 11.0. The van der Waals surface area contributed by atoms with Gasteiger partial charge in [0.1, 0.15) is 35.2 Å². The molecule has 1 radical (unpaired) electrons. The van der Waals surface area contributed by atoms with Crippen molar-refractivity contribution in [3.8, 4) is 0 Å². The standard InChI is InChI=1S/C21H33BN6S3/c1-19(2,3)23-10-13-26(16(23)29)22(27-14-11-24(17(27)30)20(4,5)6)28-15-12-25(18(28)31)21(7,8)9/h10-15H,1-9H3/q-1/p+3. The minimum Gasteiger partial charge on any atom is -0.357 e. The Hall–Kier alpha value is -1.26. The van der Waals surface area contributed by atoms with Crippen LogP contribution in [0.2, 0.25) is 0 Å². The van der Waals surface area contributed by atoms with E-state index < -0.39 is 0 Å². The molecule has 3 aromatic heterocycles. The maximum atomic E-state index is 4.93. The first-order chi connectivity index (χ1) is 14.0. The van der Waals surface area contributed by atoms with Crippen LogP contribution in [0.5, 0.6) is 0 Å². The third-order valence-electron chi connectivity index (χ3n) is 5.38. The number of imidazole rings is 3. The van der Waals surface area contributed by atoms with Crippen molar-refractivity contribution in [3.05, 3.63) is 37.2 Å². The summed E-state index contributed by atoms with van der Waals surface area (Å²) in [6, 6.07) is 0. The van der Waals surface area contributed by atoms with Gasteiger partial charge < -0.3 is 13.4 Å². The zero-order chi connectivity index (χ0) is 23.5. The van der Waals surface area contributed by atoms with Gasteiger partial charge in [-0.05, 0) is 62.3 Å². The summed E-state index contributed by atoms with van der Waals surface area (Å²) in [5, 5.41) is 2.56. The highest BCUT2D eigenvalue weighted by atomic mass is 32.1. The van der Waals surface area contributed by atoms with E-state index in [-0.39, 0.29) is 23.7 Å². The summed E-state index contributed by atoms with van der Waals surface area (Å²) in [5.41, 5.74) is -0.278. The first-order valence-corrected chi connectivity index (χ1v) is 11.8. The van der Waals surface area contributed by atoms with Crippen LogP contribution in [0.3, 0.4) is 0 Å². The van der Waals surface area contributed by atoms with E-state index in [0.29, 0.717) is 0 Å². The van der Waals surface area contributed by atoms with E-state index in [0.717, 1.165) is 15.5 Å². The fourth-order valence-corrected chi connectivity index (χ4v) is 5.31. The number of thiol groups is 3. The summed E-state index contributed by atoms with van der Waals surface area (Å²) in [4.78, 5) is 0. The number of rotatable bonds is 3. The van der Waals surface area contributed by atoms with Crippen molar-refractivity contribution in [1.29, 1.82) is 0 Å². The number of hydrogen-bond donors (Lipinski definition) is 3. The van der Waals surface area contributed by atoms with Gasteiger partial charge in [-0.25, -0.2) is 13.7 Å². The molecule has 3 aromatic rings. The van der Waals surface area contributed by atoms with Gasteiger partial charge in [0, 0.05) is 0 Å². The molecule has 0 aliphatic carbocycles. The molecule has 0 N–H and O–H groups in total. The van der Waals surface area contributed by atoms with Crippen molar-refractivity contribution in [2.24, 2.45) is 0 Å². The smallest absolute Gasteiger partial charge is 0.357 e. The Labute approximate surface area is 203 Å². The molecule has 6 nitrogen and oxygen atoms in total. The van der Waals surface area contributed by atoms with Crippen LogP contribution in [-0.4, -0.2) is 20.8 Å². The Balaban J connectivity index is 2.29. The highest BCUT2D eigenvalue weighted by Crippen LogP contribution is 2.20. The van der Waals surface area contributed by atoms with Crippen LogP contribution >= 0.6 is 37.9 Å². The summed E-state index contributed by atoms with van der Waals surface area (Å²) in [7, 11) is -0.261. The third kappa shape index (κ3) is 4.48. The normalized spacial score (nSPS) is 13.5. The molecule has 31 heavy (non-hydrogen) atoms. The Kier molecular flexibility index (Phi) is 6.26. The lowest BCUT2D eigenvalue weighted by Crippen LogP contribution is -2.84. The highest BCUT2D eigenvalue weighted by molar-refractivity contribution is 7.80. The van der Waals surface area contributed by atoms with Gasteiger partial charge in [0.2, 0.25) is 0 Å². The largest absolute Gasteiger partial charge is 0.585 e. The first-order valence-electron chi connectivity index (χ1n) is 10.5. The Morgan fingerprint density at radius 1 is 0.548 bits per heavy atom. The molecule has 0 bridgehead atoms. The minimum atomic E-state index is -0.261. The zero-order valence-electron chi connectivity index (χ0n) is 20.1. The molecule has 0 atom stereocenters. The molecule has 3 rings (SSSR count). The summed E-state index contributed by atoms with van der Waals surface area (Å²) in [5.74, 6) is 0. The predicted octanol–water partition coefficient (Wildman–Crippen LogP) is 3.01. The lowest BCUT2D eigenvalue weighted by Gasteiger charge is -2.22. The monoisotopic (exact) mass is 479 g/mol. The van der Waals surface area contributed by atoms with E-state index in [2.05, 4.69) is 127 Å². The van der Waals surface area contributed by atoms with E-state index in [1.54, 1.807) is 0 Å². The fraction of sp³-hybridized carbons (Fsp3) is 0.571. The van der Waals surface area contributed by atoms with E-state index >= 15 is 0 Å². The van der Waals surface area contributed by atoms with Crippen molar-refractivity contribution in [2.45, 2.75) is 94.4 Å². The Morgan fingerprint density at radius 3 is 0.935 bits per heavy atom. The van der Waals surface area contributed by atoms with Crippen LogP contribution in [0.25, 0.3) is 0 Å². The van der Waals surface area contributed by atoms with Crippen molar-refractivity contribution in [1.82, 2.24) is 13.7 Å². The molecule has 0 aliphatic rings. The molecule has 0 amide bonds. The van der Waals surface area contributed by atoms with Gasteiger partial charge in [-0.1, -0.05) is 37.9 Å². The number of hydrogen-bond acceptors (Lipinski definition) is 3. The van der Waals surface area contributed by atoms with Crippen LogP contribution in [0.15, 0.2) is 52.7 Å². The van der Waals surface area contributed by atoms with Gasteiger partial charge >= 0.3 is 7.12 Å². The van der Waals surface area contributed by atoms with Crippen molar-refractivity contribution in [3.63, 3.8) is 0 Å². The van der Waals surface area contributed by atoms with Gasteiger partial charge in [0.25, 0.3) is 15.5 Å². The van der Waals surface area contributed by atoms with E-state index in [9.17, 15) is 0 Å². The molecule has 0 saturated heterocycles. The molecule has 0 aromatic carbocycles. The molecule has 0 spiro atoms. The predicted molar refractivity (Wildman–Crippen MR) is 133 cm³/mol. The quantitative estimate of drug-likeness (QED) is 0.381. The molecule has 0 unspecified atom stereocenters. The van der Waals surface area contributed by atoms with Gasteiger partial charge in [-0.2, -0.15) is 0 Å². The topological polar surface area (TPSA) is 26.4 Å². The van der Waals surface area contributed by atoms with Crippen molar-refractivity contribution < 1.29 is 13.4 Å². The molecular formula is C21H36BN6S3+2. The number of nitrogens with zero attached hydrogens (tertiary/aromatic N) is 6. The molecule has 0 aliphatic heterocycles. The summed E-state index contributed by atoms with van der Waals surface area (Å²) in [6.07, 6.45) is 12.4. The average Bonchev–Trinajstić information content (AvgIpc) is 3.26. The summed E-state index contributed by atoms with van der Waals surface area (Å²) < 4.78 is 12.9. The van der Waals surface area contributed by atoms with Gasteiger partial charge in [-0.3, -0.25) is 0 Å². The lowest BCUT2D eigenvalue weighted by atomic mass is 9.92. The highest BCUT2D eigenvalue weighted by Gasteiger charge is 2.39. The second-order valence-corrected chi connectivity index (χ2v) is 12.2. The van der Waals surface area contributed by atoms with Crippen LogP contribution in [0.4, 0.5) is 0 Å². The van der Waals surface area contributed by atoms with E-state index in [1.165, 1.54) is 0 Å². The van der Waals surface area contributed by atoms with Gasteiger partial charge in [0.15, 0.2) is 0 Å². The minimum absolute atomic E-state index is 0.0928. The molecular weight excluding hydrogens is 443 g/mol. The van der Waals surface area contributed by atoms with Crippen LogP contribution in [0, 0.1) is 0 Å². The zero-order valence-corrected chi connectivity index (χ0v) is 22.7. The second kappa shape index (κ2) is 7.95. The van der Waals surface area contributed by atoms with E-state index in [4.69, 9.17) is 37.9 Å². The Morgan fingerprint density at radius 2 is 0.774 bits per heavy atom. The molecule has 0 fully saturated rings. The molecule has 169 valence electrons. The molecule has 0 saturated carbocycles. The van der Waals surface area contributed by atoms with Crippen LogP contribution in [0.1, 0.15) is 62.3 Å². The van der Waals surface area contributed by atoms with Crippen molar-refractivity contribution >= 4 is 45.0 Å². The average molecular weight is 480 g/mol. The molecule has 10 heteroatoms. The SMILES string of the molecule is CC(C)(C)n1cc[n+]([B-]([n+]2ccn(C(C)(C)C)c2S)[n+]2ccn(C(C)(C)C)c2S)c1S. The van der Waals surface area contributed by atoms with E-state index in [1.807, 2.05) is 0 Å². The third-order valence-corrected chi connectivity index (χ3v) is 6.72. The first kappa shape index (κ1) is 24.4. The van der Waals surface area contributed by atoms with Gasteiger partial charge in [0.05, 0.1) is 18.6 Å². The number of aromatic nitrogens is 6. The summed E-state index contributed by atoms with van der Waals surface area (Å²) in [6.45, 7) is 19.6. The summed E-state index contributed by atoms with van der Waals surface area (Å²) >= 11 is 14.8. The maximum Gasteiger partial charge on any atom is 0.585 e. The van der Waals surface area contributed by atoms with Gasteiger partial charge in [-0.15, -0.1) is 0 Å². The van der Waals surface area contributed by atoms with Crippen LogP contribution < -0.4 is 13.4 Å².